The van der Waals surface area contributed by atoms with Crippen LogP contribution in [-0.4, -0.2) is 22.8 Å². The first kappa shape index (κ1) is 17.3. The Kier molecular flexibility index (Phi) is 4.37. The highest BCUT2D eigenvalue weighted by atomic mass is 15.0. The predicted octanol–water partition coefficient (Wildman–Crippen LogP) is 4.82. The molecule has 0 saturated heterocycles. The van der Waals surface area contributed by atoms with E-state index in [1.54, 1.807) is 0 Å². The van der Waals surface area contributed by atoms with Crippen LogP contribution in [0.2, 0.25) is 0 Å². The lowest BCUT2D eigenvalue weighted by Gasteiger charge is -2.09. The van der Waals surface area contributed by atoms with Crippen LogP contribution in [0.15, 0.2) is 97.1 Å². The van der Waals surface area contributed by atoms with Crippen LogP contribution in [0.25, 0.3) is 44.9 Å². The van der Waals surface area contributed by atoms with Crippen LogP contribution in [0.3, 0.4) is 0 Å². The zero-order chi connectivity index (χ0) is 19.6. The van der Waals surface area contributed by atoms with Crippen LogP contribution in [0.5, 0.6) is 0 Å². The van der Waals surface area contributed by atoms with E-state index in [9.17, 15) is 0 Å². The fraction of sp³-hybridized carbons (Fsp3) is 0. The summed E-state index contributed by atoms with van der Waals surface area (Å²) in [6.07, 6.45) is 0. The number of fused-ring (bicyclic) bond motifs is 1. The maximum absolute atomic E-state index is 5.99. The Morgan fingerprint density at radius 2 is 1.03 bits per heavy atom. The van der Waals surface area contributed by atoms with E-state index in [2.05, 4.69) is 30.3 Å². The van der Waals surface area contributed by atoms with Gasteiger partial charge in [-0.15, -0.1) is 0 Å². The molecule has 0 fully saturated rings. The lowest BCUT2D eigenvalue weighted by atomic mass is 9.94. The van der Waals surface area contributed by atoms with E-state index in [-0.39, 0.29) is 0 Å². The summed E-state index contributed by atoms with van der Waals surface area (Å²) in [5, 5.41) is 2.34. The average Bonchev–Trinajstić information content (AvgIpc) is 2.79. The summed E-state index contributed by atoms with van der Waals surface area (Å²) in [4.78, 5) is 14.3. The van der Waals surface area contributed by atoms with Crippen molar-refractivity contribution in [2.24, 2.45) is 0 Å². The van der Waals surface area contributed by atoms with Gasteiger partial charge in [-0.25, -0.2) is 15.0 Å². The zero-order valence-electron chi connectivity index (χ0n) is 15.7. The van der Waals surface area contributed by atoms with E-state index in [1.165, 1.54) is 5.39 Å². The van der Waals surface area contributed by atoms with Crippen LogP contribution in [0, 0.1) is 0 Å². The molecule has 0 N–H and O–H groups in total. The molecule has 1 aromatic heterocycles. The van der Waals surface area contributed by atoms with Crippen LogP contribution < -0.4 is 5.46 Å². The van der Waals surface area contributed by atoms with E-state index in [0.717, 1.165) is 22.1 Å². The topological polar surface area (TPSA) is 38.7 Å². The molecule has 29 heavy (non-hydrogen) atoms. The van der Waals surface area contributed by atoms with E-state index in [4.69, 9.17) is 22.8 Å². The summed E-state index contributed by atoms with van der Waals surface area (Å²) in [7, 11) is 5.99. The predicted molar refractivity (Wildman–Crippen MR) is 119 cm³/mol. The lowest BCUT2D eigenvalue weighted by molar-refractivity contribution is 1.07. The summed E-state index contributed by atoms with van der Waals surface area (Å²) in [5.74, 6) is 1.89. The smallest absolute Gasteiger partial charge is 0.164 e. The molecule has 0 bridgehead atoms. The van der Waals surface area contributed by atoms with Crippen molar-refractivity contribution in [3.8, 4) is 34.2 Å². The Labute approximate surface area is 170 Å². The van der Waals surface area contributed by atoms with Gasteiger partial charge in [0.15, 0.2) is 17.5 Å². The second kappa shape index (κ2) is 7.32. The molecule has 5 rings (SSSR count). The highest BCUT2D eigenvalue weighted by Gasteiger charge is 2.12. The standard InChI is InChI=1S/C25H16BN3/c26-22-12-6-11-20(16-22)24-27-23(18-8-2-1-3-9-18)28-25(29-24)21-14-13-17-7-4-5-10-19(17)15-21/h1-16H. The molecule has 0 atom stereocenters. The first-order chi connectivity index (χ1) is 14.3. The number of rotatable bonds is 3. The van der Waals surface area contributed by atoms with E-state index in [1.807, 2.05) is 66.7 Å². The van der Waals surface area contributed by atoms with Gasteiger partial charge in [0.05, 0.1) is 0 Å². The van der Waals surface area contributed by atoms with Crippen molar-refractivity contribution in [2.45, 2.75) is 0 Å². The highest BCUT2D eigenvalue weighted by Crippen LogP contribution is 2.26. The Bertz CT molecular complexity index is 1320. The minimum atomic E-state index is 0.606. The van der Waals surface area contributed by atoms with Gasteiger partial charge in [-0.05, 0) is 16.8 Å². The lowest BCUT2D eigenvalue weighted by Crippen LogP contribution is -2.04. The summed E-state index contributed by atoms with van der Waals surface area (Å²) in [6.45, 7) is 0. The molecule has 0 unspecified atom stereocenters. The zero-order valence-corrected chi connectivity index (χ0v) is 15.7. The number of nitrogens with zero attached hydrogens (tertiary/aromatic N) is 3. The van der Waals surface area contributed by atoms with Crippen LogP contribution >= 0.6 is 0 Å². The Morgan fingerprint density at radius 1 is 0.448 bits per heavy atom. The monoisotopic (exact) mass is 369 g/mol. The summed E-state index contributed by atoms with van der Waals surface area (Å²) < 4.78 is 0. The molecule has 134 valence electrons. The van der Waals surface area contributed by atoms with Crippen LogP contribution in [0.4, 0.5) is 0 Å². The van der Waals surface area contributed by atoms with Crippen molar-refractivity contribution in [2.75, 3.05) is 0 Å². The van der Waals surface area contributed by atoms with Gasteiger partial charge in [0.2, 0.25) is 0 Å². The molecule has 4 aromatic carbocycles. The van der Waals surface area contributed by atoms with Crippen molar-refractivity contribution in [1.29, 1.82) is 0 Å². The van der Waals surface area contributed by atoms with Gasteiger partial charge < -0.3 is 0 Å². The molecule has 0 aliphatic heterocycles. The van der Waals surface area contributed by atoms with Gasteiger partial charge in [-0.3, -0.25) is 0 Å². The van der Waals surface area contributed by atoms with Crippen molar-refractivity contribution < 1.29 is 0 Å². The Balaban J connectivity index is 1.72. The molecule has 3 nitrogen and oxygen atoms in total. The molecule has 0 saturated carbocycles. The second-order valence-corrected chi connectivity index (χ2v) is 6.86. The summed E-state index contributed by atoms with van der Waals surface area (Å²) in [6, 6.07) is 32.1. The Morgan fingerprint density at radius 3 is 1.76 bits per heavy atom. The minimum absolute atomic E-state index is 0.606. The average molecular weight is 369 g/mol. The SMILES string of the molecule is [B]c1cccc(-c2nc(-c3ccccc3)nc(-c3ccc4ccccc4c3)n2)c1. The highest BCUT2D eigenvalue weighted by molar-refractivity contribution is 6.32. The third kappa shape index (κ3) is 3.53. The molecular formula is C25H16BN3. The quantitative estimate of drug-likeness (QED) is 0.428. The normalized spacial score (nSPS) is 10.9. The first-order valence-electron chi connectivity index (χ1n) is 9.43. The molecule has 4 heteroatoms. The number of hydrogen-bond donors (Lipinski definition) is 0. The number of hydrogen-bond acceptors (Lipinski definition) is 3. The van der Waals surface area contributed by atoms with Crippen molar-refractivity contribution in [3.63, 3.8) is 0 Å². The van der Waals surface area contributed by atoms with Crippen molar-refractivity contribution in [1.82, 2.24) is 15.0 Å². The van der Waals surface area contributed by atoms with Crippen molar-refractivity contribution >= 4 is 24.1 Å². The van der Waals surface area contributed by atoms with Gasteiger partial charge in [0.25, 0.3) is 0 Å². The Hall–Kier alpha value is -3.79. The maximum Gasteiger partial charge on any atom is 0.164 e. The fourth-order valence-corrected chi connectivity index (χ4v) is 3.36. The molecule has 1 heterocycles. The van der Waals surface area contributed by atoms with Gasteiger partial charge in [0, 0.05) is 16.7 Å². The summed E-state index contributed by atoms with van der Waals surface area (Å²) >= 11 is 0. The molecule has 0 amide bonds. The number of benzene rings is 4. The third-order valence-electron chi connectivity index (χ3n) is 4.82. The molecule has 0 aliphatic rings. The fourth-order valence-electron chi connectivity index (χ4n) is 3.36. The van der Waals surface area contributed by atoms with E-state index >= 15 is 0 Å². The van der Waals surface area contributed by atoms with E-state index < -0.39 is 0 Å². The van der Waals surface area contributed by atoms with Crippen LogP contribution in [0.1, 0.15) is 0 Å². The van der Waals surface area contributed by atoms with E-state index in [0.29, 0.717) is 22.9 Å². The number of aromatic nitrogens is 3. The first-order valence-corrected chi connectivity index (χ1v) is 9.43. The molecule has 0 aliphatic carbocycles. The van der Waals surface area contributed by atoms with Gasteiger partial charge in [0.1, 0.15) is 7.85 Å². The maximum atomic E-state index is 5.99. The largest absolute Gasteiger partial charge is 0.208 e. The van der Waals surface area contributed by atoms with Gasteiger partial charge in [-0.2, -0.15) is 0 Å². The van der Waals surface area contributed by atoms with Gasteiger partial charge in [-0.1, -0.05) is 96.5 Å². The molecule has 5 aromatic rings. The molecular weight excluding hydrogens is 353 g/mol. The third-order valence-corrected chi connectivity index (χ3v) is 4.82. The molecule has 2 radical (unpaired) electrons. The van der Waals surface area contributed by atoms with Crippen molar-refractivity contribution in [3.05, 3.63) is 97.1 Å². The summed E-state index contributed by atoms with van der Waals surface area (Å²) in [5.41, 5.74) is 3.44. The van der Waals surface area contributed by atoms with Gasteiger partial charge >= 0.3 is 0 Å². The van der Waals surface area contributed by atoms with Crippen LogP contribution in [-0.2, 0) is 0 Å². The minimum Gasteiger partial charge on any atom is -0.208 e. The molecule has 0 spiro atoms. The second-order valence-electron chi connectivity index (χ2n) is 6.86.